The number of rotatable bonds is 0. The molecule has 21 heavy (non-hydrogen) atoms. The van der Waals surface area contributed by atoms with Gasteiger partial charge < -0.3 is 4.74 Å². The zero-order chi connectivity index (χ0) is 15.1. The molecule has 98 valence electrons. The van der Waals surface area contributed by atoms with E-state index in [1.54, 1.807) is 24.3 Å². The van der Waals surface area contributed by atoms with Gasteiger partial charge in [-0.25, -0.2) is 0 Å². The fraction of sp³-hybridized carbons (Fsp3) is 0.250. The molecule has 1 saturated heterocycles. The third kappa shape index (κ3) is 1.44. The normalized spacial score (nSPS) is 26.3. The first-order valence-corrected chi connectivity index (χ1v) is 6.28. The van der Waals surface area contributed by atoms with E-state index in [4.69, 9.17) is 4.74 Å². The Morgan fingerprint density at radius 1 is 0.905 bits per heavy atom. The molecule has 1 aromatic carbocycles. The number of benzene rings is 1. The minimum atomic E-state index is -1.84. The Bertz CT molecular complexity index is 784. The first-order valence-electron chi connectivity index (χ1n) is 6.28. The topological polar surface area (TPSA) is 104 Å². The van der Waals surface area contributed by atoms with Crippen LogP contribution in [0.2, 0.25) is 0 Å². The van der Waals surface area contributed by atoms with E-state index >= 15 is 0 Å². The van der Waals surface area contributed by atoms with Gasteiger partial charge in [0.15, 0.2) is 0 Å². The summed E-state index contributed by atoms with van der Waals surface area (Å²) in [4.78, 5) is 0. The Morgan fingerprint density at radius 3 is 2.14 bits per heavy atom. The Morgan fingerprint density at radius 2 is 1.52 bits per heavy atom. The molecule has 1 aromatic rings. The lowest BCUT2D eigenvalue weighted by Crippen LogP contribution is -2.34. The Hall–Kier alpha value is -3.12. The van der Waals surface area contributed by atoms with Crippen LogP contribution in [-0.2, 0) is 4.74 Å². The van der Waals surface area contributed by atoms with Gasteiger partial charge in [0.05, 0.1) is 5.92 Å². The van der Waals surface area contributed by atoms with Crippen LogP contribution in [0.1, 0.15) is 17.0 Å². The second-order valence-electron chi connectivity index (χ2n) is 5.01. The summed E-state index contributed by atoms with van der Waals surface area (Å²) in [6, 6.07) is 14.7. The Labute approximate surface area is 121 Å². The largest absolute Gasteiger partial charge is 0.311 e. The van der Waals surface area contributed by atoms with Gasteiger partial charge in [-0.2, -0.15) is 21.0 Å². The first-order chi connectivity index (χ1) is 10.2. The average Bonchev–Trinajstić information content (AvgIpc) is 2.86. The molecule has 0 aromatic heterocycles. The van der Waals surface area contributed by atoms with Gasteiger partial charge in [-0.05, 0) is 11.1 Å². The fourth-order valence-corrected chi connectivity index (χ4v) is 3.11. The summed E-state index contributed by atoms with van der Waals surface area (Å²) < 4.78 is 5.44. The van der Waals surface area contributed by atoms with Crippen LogP contribution in [0.4, 0.5) is 0 Å². The highest BCUT2D eigenvalue weighted by molar-refractivity contribution is 5.63. The zero-order valence-corrected chi connectivity index (χ0v) is 10.8. The van der Waals surface area contributed by atoms with Gasteiger partial charge in [-0.3, -0.25) is 0 Å². The maximum atomic E-state index is 9.46. The molecular formula is C16H8N4O. The maximum Gasteiger partial charge on any atom is 0.251 e. The van der Waals surface area contributed by atoms with Gasteiger partial charge >= 0.3 is 0 Å². The van der Waals surface area contributed by atoms with Crippen molar-refractivity contribution in [2.24, 2.45) is 5.92 Å². The highest BCUT2D eigenvalue weighted by Crippen LogP contribution is 2.55. The molecule has 0 N–H and O–H groups in total. The molecule has 0 saturated carbocycles. The first kappa shape index (κ1) is 12.9. The Kier molecular flexibility index (Phi) is 2.57. The number of hydrogen-bond acceptors (Lipinski definition) is 5. The molecule has 1 aliphatic heterocycles. The lowest BCUT2D eigenvalue weighted by molar-refractivity contribution is 0.0122. The van der Waals surface area contributed by atoms with Crippen molar-refractivity contribution in [3.8, 4) is 24.3 Å². The van der Waals surface area contributed by atoms with Crippen LogP contribution in [0, 0.1) is 51.2 Å². The number of ether oxygens (including phenoxy) is 1. The van der Waals surface area contributed by atoms with E-state index in [1.165, 1.54) is 0 Å². The molecule has 2 aliphatic rings. The fourth-order valence-electron chi connectivity index (χ4n) is 3.11. The minimum absolute atomic E-state index is 0.651. The maximum absolute atomic E-state index is 9.46. The molecule has 5 heteroatoms. The molecule has 1 aliphatic carbocycles. The van der Waals surface area contributed by atoms with Gasteiger partial charge in [0.1, 0.15) is 24.3 Å². The molecule has 2 atom stereocenters. The van der Waals surface area contributed by atoms with E-state index in [1.807, 2.05) is 36.4 Å². The summed E-state index contributed by atoms with van der Waals surface area (Å²) in [5.74, 6) is -1.31. The van der Waals surface area contributed by atoms with Crippen molar-refractivity contribution < 1.29 is 4.74 Å². The number of nitriles is 4. The molecule has 1 fully saturated rings. The van der Waals surface area contributed by atoms with Crippen molar-refractivity contribution >= 4 is 6.08 Å². The summed E-state index contributed by atoms with van der Waals surface area (Å²) in [7, 11) is 0. The van der Waals surface area contributed by atoms with Gasteiger partial charge in [0, 0.05) is 5.92 Å². The summed E-state index contributed by atoms with van der Waals surface area (Å²) in [5.41, 5.74) is -2.04. The SMILES string of the molecule is N#CC1(C#N)OC(C#N)(C#N)[C@H]2c3ccccc3C=C[C@@H]21. The van der Waals surface area contributed by atoms with E-state index in [2.05, 4.69) is 0 Å². The van der Waals surface area contributed by atoms with Gasteiger partial charge in [0.2, 0.25) is 0 Å². The van der Waals surface area contributed by atoms with Crippen LogP contribution in [0.25, 0.3) is 6.08 Å². The molecule has 0 radical (unpaired) electrons. The molecule has 0 amide bonds. The Balaban J connectivity index is 2.31. The lowest BCUT2D eigenvalue weighted by atomic mass is 9.69. The second kappa shape index (κ2) is 4.19. The van der Waals surface area contributed by atoms with Crippen LogP contribution in [0.3, 0.4) is 0 Å². The summed E-state index contributed by atoms with van der Waals surface area (Å²) in [6.07, 6.45) is 3.49. The van der Waals surface area contributed by atoms with Gasteiger partial charge in [-0.1, -0.05) is 36.4 Å². The van der Waals surface area contributed by atoms with Crippen molar-refractivity contribution in [1.82, 2.24) is 0 Å². The van der Waals surface area contributed by atoms with E-state index in [0.29, 0.717) is 0 Å². The molecule has 1 heterocycles. The van der Waals surface area contributed by atoms with Crippen molar-refractivity contribution in [3.05, 3.63) is 41.5 Å². The molecule has 0 bridgehead atoms. The smallest absolute Gasteiger partial charge is 0.251 e. The highest BCUT2D eigenvalue weighted by Gasteiger charge is 2.65. The lowest BCUT2D eigenvalue weighted by Gasteiger charge is -2.27. The summed E-state index contributed by atoms with van der Waals surface area (Å²) >= 11 is 0. The van der Waals surface area contributed by atoms with Crippen molar-refractivity contribution in [2.75, 3.05) is 0 Å². The second-order valence-corrected chi connectivity index (χ2v) is 5.01. The van der Waals surface area contributed by atoms with E-state index < -0.39 is 23.0 Å². The molecule has 0 spiro atoms. The van der Waals surface area contributed by atoms with Gasteiger partial charge in [-0.15, -0.1) is 0 Å². The molecule has 3 rings (SSSR count). The predicted molar refractivity (Wildman–Crippen MR) is 70.7 cm³/mol. The standard InChI is InChI=1S/C16H8N4O/c17-7-15(8-18)13-6-5-11-3-1-2-4-12(11)14(13)16(9-19,10-20)21-15/h1-6,13-14H/t13-,14-/m0/s1. The van der Waals surface area contributed by atoms with Crippen molar-refractivity contribution in [2.45, 2.75) is 17.1 Å². The molecular weight excluding hydrogens is 264 g/mol. The average molecular weight is 272 g/mol. The third-order valence-corrected chi connectivity index (χ3v) is 4.07. The zero-order valence-electron chi connectivity index (χ0n) is 10.8. The summed E-state index contributed by atoms with van der Waals surface area (Å²) in [6.45, 7) is 0. The van der Waals surface area contributed by atoms with Crippen LogP contribution >= 0.6 is 0 Å². The number of nitrogens with zero attached hydrogens (tertiary/aromatic N) is 4. The van der Waals surface area contributed by atoms with Crippen LogP contribution in [-0.4, -0.2) is 11.2 Å². The van der Waals surface area contributed by atoms with Gasteiger partial charge in [0.25, 0.3) is 11.2 Å². The summed E-state index contributed by atoms with van der Waals surface area (Å²) in [5, 5.41) is 37.7. The highest BCUT2D eigenvalue weighted by atomic mass is 16.5. The minimum Gasteiger partial charge on any atom is -0.311 e. The van der Waals surface area contributed by atoms with E-state index in [0.717, 1.165) is 11.1 Å². The van der Waals surface area contributed by atoms with E-state index in [9.17, 15) is 21.0 Å². The van der Waals surface area contributed by atoms with Crippen LogP contribution in [0.5, 0.6) is 0 Å². The molecule has 5 nitrogen and oxygen atoms in total. The van der Waals surface area contributed by atoms with Crippen LogP contribution < -0.4 is 0 Å². The van der Waals surface area contributed by atoms with Crippen molar-refractivity contribution in [3.63, 3.8) is 0 Å². The predicted octanol–water partition coefficient (Wildman–Crippen LogP) is 2.02. The monoisotopic (exact) mass is 272 g/mol. The number of hydrogen-bond donors (Lipinski definition) is 0. The van der Waals surface area contributed by atoms with Crippen molar-refractivity contribution in [1.29, 1.82) is 21.0 Å². The third-order valence-electron chi connectivity index (χ3n) is 4.07. The quantitative estimate of drug-likeness (QED) is 0.718. The van der Waals surface area contributed by atoms with Crippen LogP contribution in [0.15, 0.2) is 30.3 Å². The number of fused-ring (bicyclic) bond motifs is 3. The molecule has 0 unspecified atom stereocenters. The van der Waals surface area contributed by atoms with E-state index in [-0.39, 0.29) is 0 Å².